The number of hydrogen-bond acceptors (Lipinski definition) is 5. The highest BCUT2D eigenvalue weighted by molar-refractivity contribution is 5.59. The number of methoxy groups -OCH3 is 1. The summed E-state index contributed by atoms with van der Waals surface area (Å²) in [6, 6.07) is 6.06. The minimum absolute atomic E-state index is 0.351. The molecule has 0 aliphatic carbocycles. The molecule has 106 valence electrons. The van der Waals surface area contributed by atoms with Gasteiger partial charge in [0.1, 0.15) is 5.75 Å². The van der Waals surface area contributed by atoms with Gasteiger partial charge in [0.25, 0.3) is 0 Å². The third kappa shape index (κ3) is 4.29. The molecule has 1 saturated heterocycles. The van der Waals surface area contributed by atoms with Gasteiger partial charge in [-0.25, -0.2) is 0 Å². The summed E-state index contributed by atoms with van der Waals surface area (Å²) in [7, 11) is 1.65. The van der Waals surface area contributed by atoms with E-state index in [1.54, 1.807) is 7.11 Å². The molecule has 1 atom stereocenters. The number of ether oxygens (including phenoxy) is 2. The number of nitrogens with two attached hydrogens (primary N) is 1. The Morgan fingerprint density at radius 3 is 2.79 bits per heavy atom. The van der Waals surface area contributed by atoms with Crippen molar-refractivity contribution in [1.82, 2.24) is 4.90 Å². The maximum Gasteiger partial charge on any atom is 0.122 e. The average molecular weight is 265 g/mol. The number of rotatable bonds is 5. The topological polar surface area (TPSA) is 59.8 Å². The van der Waals surface area contributed by atoms with Crippen LogP contribution < -0.4 is 15.8 Å². The molecule has 2 rings (SSSR count). The molecule has 1 aromatic carbocycles. The predicted octanol–water partition coefficient (Wildman–Crippen LogP) is 1.41. The van der Waals surface area contributed by atoms with E-state index in [-0.39, 0.29) is 0 Å². The molecule has 1 unspecified atom stereocenters. The minimum Gasteiger partial charge on any atom is -0.497 e. The Morgan fingerprint density at radius 1 is 1.37 bits per heavy atom. The van der Waals surface area contributed by atoms with Gasteiger partial charge in [-0.1, -0.05) is 0 Å². The van der Waals surface area contributed by atoms with Crippen molar-refractivity contribution in [3.05, 3.63) is 18.2 Å². The fourth-order valence-electron chi connectivity index (χ4n) is 2.32. The number of benzene rings is 1. The lowest BCUT2D eigenvalue weighted by Crippen LogP contribution is -2.42. The van der Waals surface area contributed by atoms with Crippen LogP contribution in [0.25, 0.3) is 0 Å². The second-order valence-corrected chi connectivity index (χ2v) is 4.95. The number of morpholine rings is 1. The van der Waals surface area contributed by atoms with Gasteiger partial charge in [0.05, 0.1) is 20.3 Å². The molecule has 0 aromatic heterocycles. The summed E-state index contributed by atoms with van der Waals surface area (Å²) in [5, 5.41) is 3.46. The zero-order chi connectivity index (χ0) is 13.7. The zero-order valence-electron chi connectivity index (χ0n) is 11.7. The van der Waals surface area contributed by atoms with E-state index in [1.807, 2.05) is 18.2 Å². The van der Waals surface area contributed by atoms with Crippen LogP contribution in [0.1, 0.15) is 6.92 Å². The summed E-state index contributed by atoms with van der Waals surface area (Å²) in [4.78, 5) is 2.41. The number of anilines is 2. The van der Waals surface area contributed by atoms with Crippen LogP contribution in [0.2, 0.25) is 0 Å². The van der Waals surface area contributed by atoms with Gasteiger partial charge in [-0.3, -0.25) is 4.90 Å². The smallest absolute Gasteiger partial charge is 0.122 e. The SMILES string of the molecule is COc1cc(N)cc(NC(C)CN2CCOCC2)c1. The third-order valence-corrected chi connectivity index (χ3v) is 3.21. The fourth-order valence-corrected chi connectivity index (χ4v) is 2.32. The maximum atomic E-state index is 5.85. The van der Waals surface area contributed by atoms with Crippen molar-refractivity contribution in [1.29, 1.82) is 0 Å². The summed E-state index contributed by atoms with van der Waals surface area (Å²) >= 11 is 0. The van der Waals surface area contributed by atoms with E-state index in [9.17, 15) is 0 Å². The van der Waals surface area contributed by atoms with Crippen LogP contribution in [0.3, 0.4) is 0 Å². The van der Waals surface area contributed by atoms with Crippen LogP contribution in [0.4, 0.5) is 11.4 Å². The molecular weight excluding hydrogens is 242 g/mol. The summed E-state index contributed by atoms with van der Waals surface area (Å²) in [5.41, 5.74) is 7.55. The Kier molecular flexibility index (Phi) is 4.87. The highest BCUT2D eigenvalue weighted by Crippen LogP contribution is 2.22. The van der Waals surface area contributed by atoms with Gasteiger partial charge < -0.3 is 20.5 Å². The van der Waals surface area contributed by atoms with Crippen LogP contribution in [0.15, 0.2) is 18.2 Å². The molecule has 1 aromatic rings. The van der Waals surface area contributed by atoms with Gasteiger partial charge in [-0.15, -0.1) is 0 Å². The van der Waals surface area contributed by atoms with Crippen molar-refractivity contribution in [3.8, 4) is 5.75 Å². The van der Waals surface area contributed by atoms with Crippen LogP contribution in [0, 0.1) is 0 Å². The Hall–Kier alpha value is -1.46. The van der Waals surface area contributed by atoms with E-state index in [4.69, 9.17) is 15.2 Å². The molecule has 0 amide bonds. The van der Waals surface area contributed by atoms with Crippen molar-refractivity contribution in [3.63, 3.8) is 0 Å². The fraction of sp³-hybridized carbons (Fsp3) is 0.571. The lowest BCUT2D eigenvalue weighted by molar-refractivity contribution is 0.0368. The molecule has 0 radical (unpaired) electrons. The second-order valence-electron chi connectivity index (χ2n) is 4.95. The quantitative estimate of drug-likeness (QED) is 0.788. The number of nitrogens with one attached hydrogen (secondary N) is 1. The zero-order valence-corrected chi connectivity index (χ0v) is 11.7. The summed E-state index contributed by atoms with van der Waals surface area (Å²) in [6.07, 6.45) is 0. The first kappa shape index (κ1) is 14.0. The first-order valence-corrected chi connectivity index (χ1v) is 6.68. The van der Waals surface area contributed by atoms with E-state index in [1.165, 1.54) is 0 Å². The standard InChI is InChI=1S/C14H23N3O2/c1-11(10-17-3-5-19-6-4-17)16-13-7-12(15)8-14(9-13)18-2/h7-9,11,16H,3-6,10,15H2,1-2H3. The van der Waals surface area contributed by atoms with Crippen molar-refractivity contribution in [2.24, 2.45) is 0 Å². The van der Waals surface area contributed by atoms with E-state index in [0.29, 0.717) is 11.7 Å². The highest BCUT2D eigenvalue weighted by Gasteiger charge is 2.13. The average Bonchev–Trinajstić information content (AvgIpc) is 2.38. The molecule has 5 nitrogen and oxygen atoms in total. The Morgan fingerprint density at radius 2 is 2.11 bits per heavy atom. The van der Waals surface area contributed by atoms with E-state index >= 15 is 0 Å². The molecule has 5 heteroatoms. The minimum atomic E-state index is 0.351. The Bertz CT molecular complexity index is 406. The Balaban J connectivity index is 1.90. The van der Waals surface area contributed by atoms with Gasteiger partial charge in [-0.05, 0) is 13.0 Å². The van der Waals surface area contributed by atoms with Gasteiger partial charge in [0.2, 0.25) is 0 Å². The van der Waals surface area contributed by atoms with Crippen molar-refractivity contribution in [2.45, 2.75) is 13.0 Å². The lowest BCUT2D eigenvalue weighted by atomic mass is 10.2. The normalized spacial score (nSPS) is 18.0. The van der Waals surface area contributed by atoms with Crippen LogP contribution in [-0.2, 0) is 4.74 Å². The second kappa shape index (κ2) is 6.63. The molecule has 3 N–H and O–H groups in total. The first-order chi connectivity index (χ1) is 9.17. The summed E-state index contributed by atoms with van der Waals surface area (Å²) in [6.45, 7) is 6.85. The van der Waals surface area contributed by atoms with Crippen molar-refractivity contribution >= 4 is 11.4 Å². The lowest BCUT2D eigenvalue weighted by Gasteiger charge is -2.29. The summed E-state index contributed by atoms with van der Waals surface area (Å²) < 4.78 is 10.6. The van der Waals surface area contributed by atoms with E-state index in [2.05, 4.69) is 17.1 Å². The molecule has 1 fully saturated rings. The molecule has 1 aliphatic heterocycles. The van der Waals surface area contributed by atoms with E-state index in [0.717, 1.165) is 44.3 Å². The maximum absolute atomic E-state index is 5.85. The van der Waals surface area contributed by atoms with Gasteiger partial charge in [0.15, 0.2) is 0 Å². The molecule has 1 aliphatic rings. The first-order valence-electron chi connectivity index (χ1n) is 6.68. The number of nitrogens with zero attached hydrogens (tertiary/aromatic N) is 1. The summed E-state index contributed by atoms with van der Waals surface area (Å²) in [5.74, 6) is 0.779. The van der Waals surface area contributed by atoms with Crippen LogP contribution >= 0.6 is 0 Å². The Labute approximate surface area is 114 Å². The van der Waals surface area contributed by atoms with Crippen molar-refractivity contribution in [2.75, 3.05) is 51.0 Å². The van der Waals surface area contributed by atoms with Gasteiger partial charge >= 0.3 is 0 Å². The third-order valence-electron chi connectivity index (χ3n) is 3.21. The molecular formula is C14H23N3O2. The molecule has 0 spiro atoms. The van der Waals surface area contributed by atoms with Crippen LogP contribution in [-0.4, -0.2) is 50.9 Å². The molecule has 0 saturated carbocycles. The van der Waals surface area contributed by atoms with E-state index < -0.39 is 0 Å². The van der Waals surface area contributed by atoms with Gasteiger partial charge in [0, 0.05) is 49.2 Å². The molecule has 19 heavy (non-hydrogen) atoms. The highest BCUT2D eigenvalue weighted by atomic mass is 16.5. The molecule has 0 bridgehead atoms. The monoisotopic (exact) mass is 265 g/mol. The largest absolute Gasteiger partial charge is 0.497 e. The predicted molar refractivity (Wildman–Crippen MR) is 77.8 cm³/mol. The van der Waals surface area contributed by atoms with Crippen molar-refractivity contribution < 1.29 is 9.47 Å². The van der Waals surface area contributed by atoms with Gasteiger partial charge in [-0.2, -0.15) is 0 Å². The van der Waals surface area contributed by atoms with Crippen LogP contribution in [0.5, 0.6) is 5.75 Å². The number of nitrogen functional groups attached to an aromatic ring is 1. The number of hydrogen-bond donors (Lipinski definition) is 2. The molecule has 1 heterocycles.